The molecule has 2 heterocycles. The summed E-state index contributed by atoms with van der Waals surface area (Å²) in [6.45, 7) is 8.55. The number of anilines is 1. The zero-order valence-electron chi connectivity index (χ0n) is 16.0. The highest BCUT2D eigenvalue weighted by Gasteiger charge is 2.21. The molecule has 0 saturated carbocycles. The Kier molecular flexibility index (Phi) is 5.26. The summed E-state index contributed by atoms with van der Waals surface area (Å²) < 4.78 is 1.64. The van der Waals surface area contributed by atoms with E-state index in [0.29, 0.717) is 23.7 Å². The molecule has 0 bridgehead atoms. The fraction of sp³-hybridized carbons (Fsp3) is 0.286. The summed E-state index contributed by atoms with van der Waals surface area (Å²) in [5.41, 5.74) is 3.68. The van der Waals surface area contributed by atoms with E-state index in [1.54, 1.807) is 22.7 Å². The van der Waals surface area contributed by atoms with Crippen LogP contribution in [0.3, 0.4) is 0 Å². The van der Waals surface area contributed by atoms with E-state index in [2.05, 4.69) is 15.6 Å². The summed E-state index contributed by atoms with van der Waals surface area (Å²) in [4.78, 5) is 29.7. The first-order valence-electron chi connectivity index (χ1n) is 9.00. The Morgan fingerprint density at radius 3 is 2.44 bits per heavy atom. The molecular formula is C21H24N4O2. The number of pyridine rings is 1. The number of imidazole rings is 1. The van der Waals surface area contributed by atoms with Gasteiger partial charge in [0.15, 0.2) is 5.69 Å². The zero-order chi connectivity index (χ0) is 19.6. The molecule has 6 heteroatoms. The third kappa shape index (κ3) is 4.16. The van der Waals surface area contributed by atoms with E-state index in [1.165, 1.54) is 0 Å². The van der Waals surface area contributed by atoms with Gasteiger partial charge in [-0.1, -0.05) is 26.0 Å². The van der Waals surface area contributed by atoms with Gasteiger partial charge in [-0.25, -0.2) is 4.98 Å². The van der Waals surface area contributed by atoms with Gasteiger partial charge in [0.2, 0.25) is 5.82 Å². The van der Waals surface area contributed by atoms with E-state index in [0.717, 1.165) is 11.1 Å². The number of carbonyl (C=O) groups is 2. The summed E-state index contributed by atoms with van der Waals surface area (Å²) in [6, 6.07) is 11.2. The van der Waals surface area contributed by atoms with Crippen LogP contribution >= 0.6 is 0 Å². The van der Waals surface area contributed by atoms with Crippen LogP contribution in [0.4, 0.5) is 5.69 Å². The molecule has 0 saturated heterocycles. The lowest BCUT2D eigenvalue weighted by Gasteiger charge is -2.07. The van der Waals surface area contributed by atoms with Crippen molar-refractivity contribution in [3.8, 4) is 0 Å². The highest BCUT2D eigenvalue weighted by Crippen LogP contribution is 2.17. The van der Waals surface area contributed by atoms with Crippen molar-refractivity contribution in [2.24, 2.45) is 5.92 Å². The van der Waals surface area contributed by atoms with E-state index < -0.39 is 0 Å². The second kappa shape index (κ2) is 7.61. The molecule has 6 nitrogen and oxygen atoms in total. The number of amides is 2. The lowest BCUT2D eigenvalue weighted by atomic mass is 10.1. The van der Waals surface area contributed by atoms with Gasteiger partial charge in [-0.05, 0) is 55.2 Å². The minimum atomic E-state index is -0.357. The van der Waals surface area contributed by atoms with Crippen molar-refractivity contribution >= 4 is 23.0 Å². The Bertz CT molecular complexity index is 984. The van der Waals surface area contributed by atoms with Gasteiger partial charge in [-0.3, -0.25) is 14.0 Å². The van der Waals surface area contributed by atoms with Crippen LogP contribution in [0.15, 0.2) is 42.6 Å². The number of aryl methyl sites for hydroxylation is 2. The first kappa shape index (κ1) is 18.6. The molecule has 1 aromatic carbocycles. The Morgan fingerprint density at radius 2 is 1.78 bits per heavy atom. The van der Waals surface area contributed by atoms with E-state index in [4.69, 9.17) is 0 Å². The number of hydrogen-bond donors (Lipinski definition) is 2. The smallest absolute Gasteiger partial charge is 0.292 e. The molecule has 0 atom stereocenters. The van der Waals surface area contributed by atoms with Gasteiger partial charge in [0, 0.05) is 18.4 Å². The molecule has 0 aliphatic carbocycles. The second-order valence-corrected chi connectivity index (χ2v) is 7.17. The standard InChI is InChI=1S/C21H24N4O2/c1-13(2)12-22-20(26)18-17-7-5-6-8-25(17)19(24-18)21(27)23-16-10-14(3)9-15(4)11-16/h5-11,13H,12H2,1-4H3,(H,22,26)(H,23,27). The van der Waals surface area contributed by atoms with E-state index >= 15 is 0 Å². The average Bonchev–Trinajstić information content (AvgIpc) is 2.98. The third-order valence-corrected chi connectivity index (χ3v) is 4.12. The Balaban J connectivity index is 1.94. The highest BCUT2D eigenvalue weighted by atomic mass is 16.2. The third-order valence-electron chi connectivity index (χ3n) is 4.12. The molecule has 2 amide bonds. The summed E-state index contributed by atoms with van der Waals surface area (Å²) in [5.74, 6) is -0.128. The number of nitrogens with zero attached hydrogens (tertiary/aromatic N) is 2. The van der Waals surface area contributed by atoms with Gasteiger partial charge in [0.05, 0.1) is 5.52 Å². The fourth-order valence-corrected chi connectivity index (χ4v) is 2.98. The summed E-state index contributed by atoms with van der Waals surface area (Å²) in [6.07, 6.45) is 1.73. The molecule has 0 aliphatic rings. The molecular weight excluding hydrogens is 340 g/mol. The monoisotopic (exact) mass is 364 g/mol. The van der Waals surface area contributed by atoms with Gasteiger partial charge in [0.25, 0.3) is 11.8 Å². The zero-order valence-corrected chi connectivity index (χ0v) is 16.0. The highest BCUT2D eigenvalue weighted by molar-refractivity contribution is 6.06. The molecule has 2 aromatic heterocycles. The van der Waals surface area contributed by atoms with Crippen molar-refractivity contribution in [2.45, 2.75) is 27.7 Å². The van der Waals surface area contributed by atoms with Crippen LogP contribution in [0, 0.1) is 19.8 Å². The van der Waals surface area contributed by atoms with Gasteiger partial charge >= 0.3 is 0 Å². The van der Waals surface area contributed by atoms with Crippen LogP contribution in [0.25, 0.3) is 5.52 Å². The van der Waals surface area contributed by atoms with Crippen LogP contribution in [-0.4, -0.2) is 27.7 Å². The summed E-state index contributed by atoms with van der Waals surface area (Å²) >= 11 is 0. The van der Waals surface area contributed by atoms with Crippen molar-refractivity contribution < 1.29 is 9.59 Å². The SMILES string of the molecule is Cc1cc(C)cc(NC(=O)c2nc(C(=O)NCC(C)C)c3ccccn23)c1. The quantitative estimate of drug-likeness (QED) is 0.726. The number of hydrogen-bond acceptors (Lipinski definition) is 3. The molecule has 27 heavy (non-hydrogen) atoms. The Morgan fingerprint density at radius 1 is 1.07 bits per heavy atom. The number of fused-ring (bicyclic) bond motifs is 1. The predicted molar refractivity (Wildman–Crippen MR) is 106 cm³/mol. The van der Waals surface area contributed by atoms with E-state index in [1.807, 2.05) is 52.0 Å². The number of nitrogens with one attached hydrogen (secondary N) is 2. The Hall–Kier alpha value is -3.15. The molecule has 0 unspecified atom stereocenters. The number of rotatable bonds is 5. The van der Waals surface area contributed by atoms with E-state index in [9.17, 15) is 9.59 Å². The second-order valence-electron chi connectivity index (χ2n) is 7.17. The molecule has 0 spiro atoms. The molecule has 2 N–H and O–H groups in total. The lowest BCUT2D eigenvalue weighted by Crippen LogP contribution is -2.27. The maximum Gasteiger partial charge on any atom is 0.292 e. The van der Waals surface area contributed by atoms with Gasteiger partial charge in [-0.15, -0.1) is 0 Å². The minimum Gasteiger partial charge on any atom is -0.350 e. The van der Waals surface area contributed by atoms with Crippen LogP contribution in [0.1, 0.15) is 46.1 Å². The van der Waals surface area contributed by atoms with Crippen molar-refractivity contribution in [3.63, 3.8) is 0 Å². The molecule has 0 radical (unpaired) electrons. The molecule has 140 valence electrons. The number of carbonyl (C=O) groups excluding carboxylic acids is 2. The maximum absolute atomic E-state index is 12.8. The number of benzene rings is 1. The molecule has 0 aliphatic heterocycles. The van der Waals surface area contributed by atoms with Crippen molar-refractivity contribution in [2.75, 3.05) is 11.9 Å². The maximum atomic E-state index is 12.8. The predicted octanol–water partition coefficient (Wildman–Crippen LogP) is 3.59. The minimum absolute atomic E-state index is 0.180. The molecule has 3 aromatic rings. The summed E-state index contributed by atoms with van der Waals surface area (Å²) in [7, 11) is 0. The van der Waals surface area contributed by atoms with Crippen molar-refractivity contribution in [1.29, 1.82) is 0 Å². The molecule has 3 rings (SSSR count). The van der Waals surface area contributed by atoms with Crippen LogP contribution < -0.4 is 10.6 Å². The van der Waals surface area contributed by atoms with E-state index in [-0.39, 0.29) is 23.3 Å². The van der Waals surface area contributed by atoms with Crippen LogP contribution in [-0.2, 0) is 0 Å². The van der Waals surface area contributed by atoms with Crippen molar-refractivity contribution in [1.82, 2.24) is 14.7 Å². The largest absolute Gasteiger partial charge is 0.350 e. The Labute approximate surface area is 158 Å². The fourth-order valence-electron chi connectivity index (χ4n) is 2.98. The topological polar surface area (TPSA) is 75.5 Å². The van der Waals surface area contributed by atoms with Crippen molar-refractivity contribution in [3.05, 3.63) is 65.2 Å². The lowest BCUT2D eigenvalue weighted by molar-refractivity contribution is 0.0946. The van der Waals surface area contributed by atoms with Gasteiger partial charge in [0.1, 0.15) is 0 Å². The number of aromatic nitrogens is 2. The van der Waals surface area contributed by atoms with Crippen LogP contribution in [0.5, 0.6) is 0 Å². The first-order valence-corrected chi connectivity index (χ1v) is 9.00. The van der Waals surface area contributed by atoms with Gasteiger partial charge in [-0.2, -0.15) is 0 Å². The summed E-state index contributed by atoms with van der Waals surface area (Å²) in [5, 5.41) is 5.74. The average molecular weight is 364 g/mol. The molecule has 0 fully saturated rings. The van der Waals surface area contributed by atoms with Crippen LogP contribution in [0.2, 0.25) is 0 Å². The normalized spacial score (nSPS) is 11.0. The van der Waals surface area contributed by atoms with Gasteiger partial charge < -0.3 is 10.6 Å². The first-order chi connectivity index (χ1) is 12.8.